The summed E-state index contributed by atoms with van der Waals surface area (Å²) < 4.78 is 20.1. The minimum Gasteiger partial charge on any atom is -0.481 e. The second kappa shape index (κ2) is 58.1. The van der Waals surface area contributed by atoms with Gasteiger partial charge in [0, 0.05) is 80.6 Å². The van der Waals surface area contributed by atoms with E-state index in [4.69, 9.17) is 19.3 Å². The summed E-state index contributed by atoms with van der Waals surface area (Å²) in [5, 5.41) is 9.12. The molecule has 4 fully saturated rings. The number of hydrogen-bond acceptors (Lipinski definition) is 13. The molecule has 0 aromatic heterocycles. The van der Waals surface area contributed by atoms with Crippen LogP contribution in [-0.4, -0.2) is 208 Å². The molecule has 0 saturated carbocycles. The van der Waals surface area contributed by atoms with Crippen molar-refractivity contribution in [3.8, 4) is 0 Å². The van der Waals surface area contributed by atoms with Crippen LogP contribution in [0.2, 0.25) is 0 Å². The average molecular weight is 1820 g/mol. The first-order valence-corrected chi connectivity index (χ1v) is 47.9. The summed E-state index contributed by atoms with van der Waals surface area (Å²) in [5.41, 5.74) is 17.7. The Morgan fingerprint density at radius 2 is 0.707 bits per heavy atom. The molecule has 0 bridgehead atoms. The van der Waals surface area contributed by atoms with Crippen molar-refractivity contribution in [1.29, 1.82) is 0 Å². The number of amides is 6. The Morgan fingerprint density at radius 1 is 0.398 bits per heavy atom. The number of ether oxygens (including phenoxy) is 4. The van der Waals surface area contributed by atoms with Crippen molar-refractivity contribution in [1.82, 2.24) is 29.4 Å². The lowest BCUT2D eigenvalue weighted by Crippen LogP contribution is -2.51. The fraction of sp³-hybridized carbons (Fsp3) is 0.496. The van der Waals surface area contributed by atoms with Crippen LogP contribution in [0.4, 0.5) is 0 Å². The van der Waals surface area contributed by atoms with E-state index in [9.17, 15) is 43.2 Å². The van der Waals surface area contributed by atoms with Gasteiger partial charge in [0.05, 0.1) is 89.9 Å². The zero-order valence-electron chi connectivity index (χ0n) is 84.7. The Balaban J connectivity index is 0.000000270. The molecule has 12 rings (SSSR count). The van der Waals surface area contributed by atoms with E-state index in [1.165, 1.54) is 51.6 Å². The molecule has 6 amide bonds. The van der Waals surface area contributed by atoms with E-state index in [0.29, 0.717) is 125 Å². The summed E-state index contributed by atoms with van der Waals surface area (Å²) in [5.74, 6) is 3.67. The molecule has 4 saturated heterocycles. The lowest BCUT2D eigenvalue weighted by atomic mass is 9.83. The number of nitrogens with zero attached hydrogens (tertiary/aromatic N) is 6. The van der Waals surface area contributed by atoms with Gasteiger partial charge in [-0.15, -0.1) is 0 Å². The number of carbonyl (C=O) groups is 9. The molecule has 4 heterocycles. The van der Waals surface area contributed by atoms with Crippen LogP contribution < -0.4 is 0 Å². The lowest BCUT2D eigenvalue weighted by molar-refractivity contribution is -0.143. The highest BCUT2D eigenvalue weighted by molar-refractivity contribution is 5.87. The van der Waals surface area contributed by atoms with E-state index < -0.39 is 11.4 Å². The van der Waals surface area contributed by atoms with Gasteiger partial charge in [-0.25, -0.2) is 0 Å². The molecule has 0 spiro atoms. The Morgan fingerprint density at radius 3 is 1.02 bits per heavy atom. The lowest BCUT2D eigenvalue weighted by Gasteiger charge is -2.32. The predicted molar refractivity (Wildman–Crippen MR) is 538 cm³/mol. The third-order valence-electron chi connectivity index (χ3n) is 24.1. The standard InChI is InChI=1S/C16H22N2O2.C16H23NO2.C15H21NO2.C15H21NO.C13H19NO.2C13H18O2.C12H16O2/c1-12(2)14-6-4-5-13(9-14)10-15(19)18-8-7-17(3)16(20)11-18;1-12(2)14-6-4-5-13(9-14)10-16(18)17-8-7-15(11-17)19-3;1-12(2)14-5-3-4-13(10-14)11-15(17)16-6-8-18-9-7-16;1-12(2)14-7-5-6-13(10-14)11-15(17)16-8-3-4-9-16;1-10(2)12-7-5-6-11(8-12)9-13(15)14(3)4;1-9(2)10-6-5-7-11(8-10)13(3,4)12(14)15;1-4-15-13(14)9-11-6-5-7-12(8-11)10(2)3;1-9(2)11-6-4-5-10(7-11)8-12(13)14-3/h4-6,9,12H,7-8,10-11H2,1-3H3;4-6,9,12,15H,7-8,10-11H2,1-3H3;3-5,10,12H,6-9,11H2,1-2H3;5-7,10,12H,3-4,8-9,11H2,1-2H3;5-8,10H,9H2,1-4H3;5-9H,1-4H3,(H,14,15);5-8,10H,4,9H2,1-3H3;4-7,9H,8H2,1-3H3. The van der Waals surface area contributed by atoms with Crippen LogP contribution in [0.5, 0.6) is 0 Å². The Hall–Kier alpha value is -11.1. The SMILES string of the molecule is CC(C)c1cccc(C(C)(C)C(=O)O)c1.CC(C)c1cccc(CC(=O)N(C)C)c1.CC(C)c1cccc(CC(=O)N2CCCC2)c1.CC(C)c1cccc(CC(=O)N2CCN(C)C(=O)C2)c1.CC(C)c1cccc(CC(=O)N2CCOCC2)c1.CCOC(=O)Cc1cccc(C(C)C)c1.COC(=O)Cc1cccc(C(C)C)c1.COC1CCN(C(=O)Cc2cccc(C(C)C)c2)C1. The van der Waals surface area contributed by atoms with Crippen LogP contribution in [0.15, 0.2) is 194 Å². The van der Waals surface area contributed by atoms with Gasteiger partial charge in [-0.2, -0.15) is 0 Å². The molecule has 4 aliphatic heterocycles. The maximum atomic E-state index is 12.3. The van der Waals surface area contributed by atoms with Crippen molar-refractivity contribution < 1.29 is 67.2 Å². The van der Waals surface area contributed by atoms with Crippen molar-refractivity contribution in [3.05, 3.63) is 283 Å². The van der Waals surface area contributed by atoms with E-state index in [1.54, 1.807) is 56.8 Å². The first-order chi connectivity index (χ1) is 63.0. The highest BCUT2D eigenvalue weighted by atomic mass is 16.5. The van der Waals surface area contributed by atoms with Crippen molar-refractivity contribution in [3.63, 3.8) is 0 Å². The quantitative estimate of drug-likeness (QED) is 0.0497. The highest BCUT2D eigenvalue weighted by Gasteiger charge is 2.31. The van der Waals surface area contributed by atoms with Gasteiger partial charge in [0.15, 0.2) is 0 Å². The molecular weight excluding hydrogens is 1670 g/mol. The van der Waals surface area contributed by atoms with Gasteiger partial charge in [0.2, 0.25) is 35.4 Å². The van der Waals surface area contributed by atoms with Crippen molar-refractivity contribution in [2.75, 3.05) is 114 Å². The number of morpholine rings is 1. The maximum absolute atomic E-state index is 12.3. The number of likely N-dealkylation sites (tertiary alicyclic amines) is 2. The van der Waals surface area contributed by atoms with E-state index in [-0.39, 0.29) is 60.0 Å². The molecule has 133 heavy (non-hydrogen) atoms. The molecule has 724 valence electrons. The number of esters is 2. The summed E-state index contributed by atoms with van der Waals surface area (Å²) in [6, 6.07) is 65.5. The summed E-state index contributed by atoms with van der Waals surface area (Å²) in [6.07, 6.45) is 6.64. The highest BCUT2D eigenvalue weighted by Crippen LogP contribution is 2.29. The maximum Gasteiger partial charge on any atom is 0.313 e. The van der Waals surface area contributed by atoms with Gasteiger partial charge in [-0.1, -0.05) is 305 Å². The van der Waals surface area contributed by atoms with Gasteiger partial charge < -0.3 is 53.5 Å². The number of methoxy groups -OCH3 is 2. The number of carboxylic acid groups (broad SMARTS) is 1. The monoisotopic (exact) mass is 1820 g/mol. The molecule has 1 unspecified atom stereocenters. The van der Waals surface area contributed by atoms with E-state index in [0.717, 1.165) is 103 Å². The molecule has 4 aliphatic rings. The van der Waals surface area contributed by atoms with Crippen LogP contribution in [0.3, 0.4) is 0 Å². The Kier molecular flexibility index (Phi) is 49.2. The number of carboxylic acids is 1. The number of benzene rings is 8. The normalized spacial score (nSPS) is 14.1. The Bertz CT molecular complexity index is 4930. The first-order valence-electron chi connectivity index (χ1n) is 47.9. The fourth-order valence-electron chi connectivity index (χ4n) is 14.8. The van der Waals surface area contributed by atoms with E-state index in [2.05, 4.69) is 213 Å². The van der Waals surface area contributed by atoms with E-state index >= 15 is 0 Å². The molecule has 8 aromatic carbocycles. The third kappa shape index (κ3) is 40.7. The van der Waals surface area contributed by atoms with Gasteiger partial charge >= 0.3 is 17.9 Å². The average Bonchev–Trinajstić information content (AvgIpc) is 1.37. The molecule has 20 nitrogen and oxygen atoms in total. The molecule has 20 heteroatoms. The van der Waals surface area contributed by atoms with Crippen LogP contribution in [-0.2, 0) is 112 Å². The van der Waals surface area contributed by atoms with Crippen LogP contribution in [0.25, 0.3) is 0 Å². The number of rotatable bonds is 26. The predicted octanol–water partition coefficient (Wildman–Crippen LogP) is 20.5. The number of piperazine rings is 1. The fourth-order valence-corrected chi connectivity index (χ4v) is 14.8. The molecule has 0 radical (unpaired) electrons. The largest absolute Gasteiger partial charge is 0.481 e. The van der Waals surface area contributed by atoms with Crippen molar-refractivity contribution in [2.45, 2.75) is 255 Å². The van der Waals surface area contributed by atoms with Gasteiger partial charge in [-0.3, -0.25) is 43.2 Å². The minimum absolute atomic E-state index is 0.0144. The number of likely N-dealkylation sites (N-methyl/N-ethyl adjacent to an activating group) is 2. The van der Waals surface area contributed by atoms with Crippen molar-refractivity contribution in [2.24, 2.45) is 0 Å². The second-order valence-corrected chi connectivity index (χ2v) is 38.1. The summed E-state index contributed by atoms with van der Waals surface area (Å²) in [7, 11) is 8.47. The molecule has 1 N–H and O–H groups in total. The third-order valence-corrected chi connectivity index (χ3v) is 24.1. The smallest absolute Gasteiger partial charge is 0.313 e. The summed E-state index contributed by atoms with van der Waals surface area (Å²) in [6.45, 7) is 47.8. The minimum atomic E-state index is -0.815. The Labute approximate surface area is 797 Å². The topological polar surface area (TPSA) is 230 Å². The molecule has 1 atom stereocenters. The zero-order valence-corrected chi connectivity index (χ0v) is 84.7. The van der Waals surface area contributed by atoms with Crippen LogP contribution in [0, 0.1) is 0 Å². The number of carbonyl (C=O) groups excluding carboxylic acids is 8. The summed E-state index contributed by atoms with van der Waals surface area (Å²) >= 11 is 0. The molecule has 0 aliphatic carbocycles. The number of hydrogen-bond donors (Lipinski definition) is 1. The number of aliphatic carboxylic acids is 1. The van der Waals surface area contributed by atoms with Gasteiger partial charge in [0.1, 0.15) is 0 Å². The zero-order chi connectivity index (χ0) is 98.6. The first kappa shape index (κ1) is 112. The second-order valence-electron chi connectivity index (χ2n) is 38.1. The van der Waals surface area contributed by atoms with Crippen molar-refractivity contribution >= 4 is 53.4 Å². The summed E-state index contributed by atoms with van der Waals surface area (Å²) in [4.78, 5) is 116. The molecular formula is C113H158N6O14. The van der Waals surface area contributed by atoms with Crippen LogP contribution in [0.1, 0.15) is 287 Å². The van der Waals surface area contributed by atoms with Crippen LogP contribution >= 0.6 is 0 Å². The molecule has 8 aromatic rings. The van der Waals surface area contributed by atoms with Gasteiger partial charge in [-0.05, 0) is 176 Å². The van der Waals surface area contributed by atoms with E-state index in [1.807, 2.05) is 119 Å². The van der Waals surface area contributed by atoms with Gasteiger partial charge in [0.25, 0.3) is 0 Å².